The molecule has 0 spiro atoms. The molecule has 0 bridgehead atoms. The highest BCUT2D eigenvalue weighted by atomic mass is 19.1. The first-order valence-corrected chi connectivity index (χ1v) is 10.6. The predicted octanol–water partition coefficient (Wildman–Crippen LogP) is 3.60. The Kier molecular flexibility index (Phi) is 5.91. The number of halogens is 1. The number of nitriles is 1. The second-order valence-electron chi connectivity index (χ2n) is 8.08. The van der Waals surface area contributed by atoms with Crippen LogP contribution in [0.2, 0.25) is 0 Å². The van der Waals surface area contributed by atoms with Gasteiger partial charge in [0.2, 0.25) is 5.91 Å². The second kappa shape index (κ2) is 8.79. The molecule has 0 fully saturated rings. The Morgan fingerprint density at radius 2 is 2.09 bits per heavy atom. The molecule has 7 nitrogen and oxygen atoms in total. The van der Waals surface area contributed by atoms with Crippen LogP contribution in [0.3, 0.4) is 0 Å². The van der Waals surface area contributed by atoms with E-state index >= 15 is 0 Å². The van der Waals surface area contributed by atoms with Gasteiger partial charge in [0.05, 0.1) is 41.4 Å². The standard InChI is InChI=1S/C24H25FN6O/c1-4-21-24(32)29-23-15(2)28-20(10-22(23)30(21)3)8-5-16-12-27-31(13-16)14-17-6-7-19(25)9-18(17)11-26/h6-7,9-10,12-13,21H,4-5,8,14H2,1-3H3,(H,29,32)/t21-/m0/s1. The Hall–Kier alpha value is -3.73. The molecule has 1 N–H and O–H groups in total. The van der Waals surface area contributed by atoms with Crippen molar-refractivity contribution in [2.75, 3.05) is 17.3 Å². The third-order valence-electron chi connectivity index (χ3n) is 5.90. The molecule has 0 saturated carbocycles. The molecule has 0 saturated heterocycles. The summed E-state index contributed by atoms with van der Waals surface area (Å²) < 4.78 is 15.1. The van der Waals surface area contributed by atoms with Gasteiger partial charge in [0.15, 0.2) is 0 Å². The molecule has 2 aromatic heterocycles. The van der Waals surface area contributed by atoms with Crippen molar-refractivity contribution >= 4 is 17.3 Å². The van der Waals surface area contributed by atoms with Crippen molar-refractivity contribution in [1.29, 1.82) is 5.26 Å². The second-order valence-corrected chi connectivity index (χ2v) is 8.08. The summed E-state index contributed by atoms with van der Waals surface area (Å²) in [4.78, 5) is 19.0. The lowest BCUT2D eigenvalue weighted by Crippen LogP contribution is -2.46. The molecule has 32 heavy (non-hydrogen) atoms. The number of amides is 1. The summed E-state index contributed by atoms with van der Waals surface area (Å²) in [5, 5.41) is 16.6. The maximum atomic E-state index is 13.4. The van der Waals surface area contributed by atoms with Gasteiger partial charge in [-0.05, 0) is 55.5 Å². The lowest BCUT2D eigenvalue weighted by Gasteiger charge is -2.35. The van der Waals surface area contributed by atoms with E-state index in [2.05, 4.69) is 15.4 Å². The zero-order chi connectivity index (χ0) is 22.8. The molecule has 3 aromatic rings. The SMILES string of the molecule is CC[C@H]1C(=O)Nc2c(cc(CCc3cnn(Cc4ccc(F)cc4C#N)c3)nc2C)N1C. The van der Waals surface area contributed by atoms with Crippen LogP contribution in [-0.4, -0.2) is 33.8 Å². The number of pyridine rings is 1. The van der Waals surface area contributed by atoms with Crippen molar-refractivity contribution in [1.82, 2.24) is 14.8 Å². The van der Waals surface area contributed by atoms with E-state index < -0.39 is 5.82 Å². The Morgan fingerprint density at radius 1 is 1.28 bits per heavy atom. The molecule has 0 radical (unpaired) electrons. The van der Waals surface area contributed by atoms with E-state index in [1.54, 1.807) is 16.9 Å². The number of benzene rings is 1. The molecule has 1 aromatic carbocycles. The highest BCUT2D eigenvalue weighted by molar-refractivity contribution is 6.04. The van der Waals surface area contributed by atoms with Crippen molar-refractivity contribution in [2.24, 2.45) is 0 Å². The molecule has 8 heteroatoms. The van der Waals surface area contributed by atoms with Crippen molar-refractivity contribution in [3.8, 4) is 6.07 Å². The number of nitrogens with zero attached hydrogens (tertiary/aromatic N) is 5. The Morgan fingerprint density at radius 3 is 2.84 bits per heavy atom. The van der Waals surface area contributed by atoms with E-state index in [0.717, 1.165) is 53.2 Å². The van der Waals surface area contributed by atoms with E-state index in [4.69, 9.17) is 0 Å². The number of carbonyl (C=O) groups excluding carboxylic acids is 1. The minimum Gasteiger partial charge on any atom is -0.361 e. The van der Waals surface area contributed by atoms with Gasteiger partial charge in [-0.1, -0.05) is 13.0 Å². The fourth-order valence-corrected chi connectivity index (χ4v) is 4.15. The number of hydrogen-bond acceptors (Lipinski definition) is 5. The van der Waals surface area contributed by atoms with Crippen LogP contribution in [0.1, 0.15) is 41.4 Å². The molecule has 164 valence electrons. The zero-order valence-electron chi connectivity index (χ0n) is 18.4. The van der Waals surface area contributed by atoms with Gasteiger partial charge in [-0.15, -0.1) is 0 Å². The monoisotopic (exact) mass is 432 g/mol. The third kappa shape index (κ3) is 4.19. The Balaban J connectivity index is 1.47. The molecule has 1 aliphatic rings. The number of anilines is 2. The molecule has 1 amide bonds. The average molecular weight is 433 g/mol. The summed E-state index contributed by atoms with van der Waals surface area (Å²) in [5.74, 6) is -0.414. The number of likely N-dealkylation sites (N-methyl/N-ethyl adjacent to an activating group) is 1. The van der Waals surface area contributed by atoms with E-state index in [1.165, 1.54) is 12.1 Å². The molecule has 0 unspecified atom stereocenters. The Labute approximate surface area is 186 Å². The van der Waals surface area contributed by atoms with Crippen LogP contribution in [0.15, 0.2) is 36.7 Å². The number of aromatic nitrogens is 3. The Bertz CT molecular complexity index is 1210. The summed E-state index contributed by atoms with van der Waals surface area (Å²) in [6.07, 6.45) is 5.97. The number of fused-ring (bicyclic) bond motifs is 1. The van der Waals surface area contributed by atoms with Gasteiger partial charge < -0.3 is 10.2 Å². The van der Waals surface area contributed by atoms with E-state index in [9.17, 15) is 14.4 Å². The molecule has 3 heterocycles. The number of rotatable bonds is 6. The number of nitrogens with one attached hydrogen (secondary N) is 1. The van der Waals surface area contributed by atoms with E-state index in [1.807, 2.05) is 44.1 Å². The first-order chi connectivity index (χ1) is 15.4. The normalized spacial score (nSPS) is 15.3. The van der Waals surface area contributed by atoms with Gasteiger partial charge in [0, 0.05) is 18.9 Å². The van der Waals surface area contributed by atoms with Crippen LogP contribution in [0.4, 0.5) is 15.8 Å². The van der Waals surface area contributed by atoms with E-state index in [0.29, 0.717) is 12.1 Å². The maximum absolute atomic E-state index is 13.4. The number of carbonyl (C=O) groups is 1. The first-order valence-electron chi connectivity index (χ1n) is 10.6. The number of hydrogen-bond donors (Lipinski definition) is 1. The van der Waals surface area contributed by atoms with Gasteiger partial charge in [-0.25, -0.2) is 4.39 Å². The lowest BCUT2D eigenvalue weighted by atomic mass is 10.0. The van der Waals surface area contributed by atoms with Crippen LogP contribution in [0.5, 0.6) is 0 Å². The summed E-state index contributed by atoms with van der Waals surface area (Å²) in [5.41, 5.74) is 5.64. The smallest absolute Gasteiger partial charge is 0.247 e. The summed E-state index contributed by atoms with van der Waals surface area (Å²) in [7, 11) is 1.95. The van der Waals surface area contributed by atoms with Crippen LogP contribution < -0.4 is 10.2 Å². The third-order valence-corrected chi connectivity index (χ3v) is 5.90. The molecular weight excluding hydrogens is 407 g/mol. The van der Waals surface area contributed by atoms with Crippen molar-refractivity contribution in [3.05, 3.63) is 70.6 Å². The van der Waals surface area contributed by atoms with Crippen LogP contribution >= 0.6 is 0 Å². The highest BCUT2D eigenvalue weighted by Gasteiger charge is 2.30. The van der Waals surface area contributed by atoms with Gasteiger partial charge in [0.25, 0.3) is 0 Å². The first kappa shape index (κ1) is 21.5. The van der Waals surface area contributed by atoms with Gasteiger partial charge >= 0.3 is 0 Å². The maximum Gasteiger partial charge on any atom is 0.247 e. The molecule has 1 atom stereocenters. The van der Waals surface area contributed by atoms with Crippen molar-refractivity contribution in [3.63, 3.8) is 0 Å². The predicted molar refractivity (Wildman–Crippen MR) is 120 cm³/mol. The minimum atomic E-state index is -0.422. The summed E-state index contributed by atoms with van der Waals surface area (Å²) in [6.45, 7) is 4.32. The molecule has 0 aliphatic carbocycles. The summed E-state index contributed by atoms with van der Waals surface area (Å²) in [6, 6.07) is 8.12. The van der Waals surface area contributed by atoms with Crippen LogP contribution in [0.25, 0.3) is 0 Å². The van der Waals surface area contributed by atoms with E-state index in [-0.39, 0.29) is 11.9 Å². The molecule has 1 aliphatic heterocycles. The van der Waals surface area contributed by atoms with Crippen LogP contribution in [0, 0.1) is 24.1 Å². The molecule has 4 rings (SSSR count). The average Bonchev–Trinajstić information content (AvgIpc) is 3.22. The van der Waals surface area contributed by atoms with Gasteiger partial charge in [-0.3, -0.25) is 14.5 Å². The van der Waals surface area contributed by atoms with Crippen LogP contribution in [-0.2, 0) is 24.2 Å². The highest BCUT2D eigenvalue weighted by Crippen LogP contribution is 2.34. The zero-order valence-corrected chi connectivity index (χ0v) is 18.4. The minimum absolute atomic E-state index is 0.00766. The number of aryl methyl sites for hydroxylation is 3. The topological polar surface area (TPSA) is 86.8 Å². The quantitative estimate of drug-likeness (QED) is 0.643. The fraction of sp³-hybridized carbons (Fsp3) is 0.333. The van der Waals surface area contributed by atoms with Crippen molar-refractivity contribution < 1.29 is 9.18 Å². The lowest BCUT2D eigenvalue weighted by molar-refractivity contribution is -0.117. The summed E-state index contributed by atoms with van der Waals surface area (Å²) >= 11 is 0. The van der Waals surface area contributed by atoms with Crippen molar-refractivity contribution in [2.45, 2.75) is 45.7 Å². The van der Waals surface area contributed by atoms with Gasteiger partial charge in [-0.2, -0.15) is 10.4 Å². The fourth-order valence-electron chi connectivity index (χ4n) is 4.15. The largest absolute Gasteiger partial charge is 0.361 e. The molecular formula is C24H25FN6O. The van der Waals surface area contributed by atoms with Gasteiger partial charge in [0.1, 0.15) is 11.9 Å².